The number of hydrogen-bond donors (Lipinski definition) is 1. The fourth-order valence-electron chi connectivity index (χ4n) is 3.46. The van der Waals surface area contributed by atoms with Crippen LogP contribution in [0.1, 0.15) is 17.0 Å². The van der Waals surface area contributed by atoms with Crippen LogP contribution in [-0.2, 0) is 11.2 Å². The molecule has 1 amide bonds. The Balaban J connectivity index is 1.30. The van der Waals surface area contributed by atoms with Gasteiger partial charge in [-0.1, -0.05) is 66.4 Å². The highest BCUT2D eigenvalue weighted by atomic mass is 32.2. The smallest absolute Gasteiger partial charge is 0.250 e. The number of benzene rings is 3. The topological polar surface area (TPSA) is 90.6 Å². The lowest BCUT2D eigenvalue weighted by atomic mass is 10.1. The molecular formula is C25H21N5O3S. The molecule has 0 radical (unpaired) electrons. The molecule has 2 heterocycles. The third-order valence-corrected chi connectivity index (χ3v) is 5.98. The van der Waals surface area contributed by atoms with E-state index >= 15 is 0 Å². The lowest BCUT2D eigenvalue weighted by molar-refractivity contribution is -0.118. The molecule has 34 heavy (non-hydrogen) atoms. The van der Waals surface area contributed by atoms with Gasteiger partial charge in [-0.15, -0.1) is 10.2 Å². The monoisotopic (exact) mass is 471 g/mol. The Hall–Kier alpha value is -4.11. The Labute approximate surface area is 200 Å². The number of thioether (sulfide) groups is 1. The number of nitrogens with one attached hydrogen (secondary N) is 1. The first kappa shape index (κ1) is 21.7. The van der Waals surface area contributed by atoms with Gasteiger partial charge in [0.25, 0.3) is 5.91 Å². The summed E-state index contributed by atoms with van der Waals surface area (Å²) in [5, 5.41) is 13.4. The minimum absolute atomic E-state index is 0.154. The number of carbonyl (C=O) groups is 1. The predicted molar refractivity (Wildman–Crippen MR) is 130 cm³/mol. The molecule has 9 heteroatoms. The SMILES string of the molecule is O=C(CSc1nnc(Cc2ccc3c(c2)OCO3)n1-c1ccccc1)N/N=C/c1ccccc1. The van der Waals surface area contributed by atoms with E-state index in [1.807, 2.05) is 83.4 Å². The molecule has 4 aromatic rings. The van der Waals surface area contributed by atoms with E-state index in [1.165, 1.54) is 11.8 Å². The van der Waals surface area contributed by atoms with E-state index in [-0.39, 0.29) is 18.5 Å². The summed E-state index contributed by atoms with van der Waals surface area (Å²) in [6.07, 6.45) is 2.16. The van der Waals surface area contributed by atoms with Crippen LogP contribution in [0.2, 0.25) is 0 Å². The van der Waals surface area contributed by atoms with Crippen LogP contribution in [0.4, 0.5) is 0 Å². The van der Waals surface area contributed by atoms with Gasteiger partial charge in [0.05, 0.1) is 12.0 Å². The van der Waals surface area contributed by atoms with Crippen molar-refractivity contribution in [2.24, 2.45) is 5.10 Å². The quantitative estimate of drug-likeness (QED) is 0.239. The van der Waals surface area contributed by atoms with Crippen LogP contribution in [0.5, 0.6) is 11.5 Å². The van der Waals surface area contributed by atoms with Gasteiger partial charge in [-0.05, 0) is 35.4 Å². The van der Waals surface area contributed by atoms with Crippen molar-refractivity contribution in [2.45, 2.75) is 11.6 Å². The Bertz CT molecular complexity index is 1310. The second kappa shape index (κ2) is 10.2. The molecule has 8 nitrogen and oxygen atoms in total. The second-order valence-corrected chi connectivity index (χ2v) is 8.37. The molecule has 0 bridgehead atoms. The first-order valence-corrected chi connectivity index (χ1v) is 11.6. The predicted octanol–water partition coefficient (Wildman–Crippen LogP) is 3.83. The molecular weight excluding hydrogens is 450 g/mol. The van der Waals surface area contributed by atoms with Crippen molar-refractivity contribution in [3.63, 3.8) is 0 Å². The Morgan fingerprint density at radius 3 is 2.59 bits per heavy atom. The number of amides is 1. The number of hydrogen-bond acceptors (Lipinski definition) is 7. The lowest BCUT2D eigenvalue weighted by Crippen LogP contribution is -2.20. The maximum Gasteiger partial charge on any atom is 0.250 e. The number of aromatic nitrogens is 3. The van der Waals surface area contributed by atoms with Crippen LogP contribution >= 0.6 is 11.8 Å². The van der Waals surface area contributed by atoms with Crippen LogP contribution in [0.25, 0.3) is 5.69 Å². The van der Waals surface area contributed by atoms with E-state index in [4.69, 9.17) is 9.47 Å². The zero-order valence-corrected chi connectivity index (χ0v) is 18.9. The normalized spacial score (nSPS) is 12.2. The molecule has 170 valence electrons. The first-order valence-electron chi connectivity index (χ1n) is 10.6. The highest BCUT2D eigenvalue weighted by molar-refractivity contribution is 7.99. The number of ether oxygens (including phenoxy) is 2. The van der Waals surface area contributed by atoms with Gasteiger partial charge >= 0.3 is 0 Å². The van der Waals surface area contributed by atoms with Gasteiger partial charge in [-0.2, -0.15) is 5.10 Å². The average molecular weight is 472 g/mol. The van der Waals surface area contributed by atoms with E-state index < -0.39 is 0 Å². The highest BCUT2D eigenvalue weighted by Gasteiger charge is 2.18. The fraction of sp³-hybridized carbons (Fsp3) is 0.120. The second-order valence-electron chi connectivity index (χ2n) is 7.43. The number of fused-ring (bicyclic) bond motifs is 1. The molecule has 0 spiro atoms. The zero-order chi connectivity index (χ0) is 23.2. The number of hydrazone groups is 1. The van der Waals surface area contributed by atoms with Crippen molar-refractivity contribution in [2.75, 3.05) is 12.5 Å². The maximum atomic E-state index is 12.3. The van der Waals surface area contributed by atoms with Gasteiger partial charge in [0.2, 0.25) is 6.79 Å². The van der Waals surface area contributed by atoms with Crippen LogP contribution < -0.4 is 14.9 Å². The minimum Gasteiger partial charge on any atom is -0.454 e. The highest BCUT2D eigenvalue weighted by Crippen LogP contribution is 2.33. The fourth-order valence-corrected chi connectivity index (χ4v) is 4.22. The summed E-state index contributed by atoms with van der Waals surface area (Å²) in [6, 6.07) is 25.3. The molecule has 0 fully saturated rings. The molecule has 1 aliphatic rings. The summed E-state index contributed by atoms with van der Waals surface area (Å²) in [5.74, 6) is 2.16. The number of rotatable bonds is 8. The third kappa shape index (κ3) is 5.10. The molecule has 5 rings (SSSR count). The van der Waals surface area contributed by atoms with Crippen molar-refractivity contribution in [3.8, 4) is 17.2 Å². The van der Waals surface area contributed by atoms with Crippen molar-refractivity contribution in [1.82, 2.24) is 20.2 Å². The van der Waals surface area contributed by atoms with Crippen molar-refractivity contribution in [1.29, 1.82) is 0 Å². The standard InChI is InChI=1S/C25H21N5O3S/c31-24(28-26-15-18-7-3-1-4-8-18)16-34-25-29-27-23(30(25)20-9-5-2-6-10-20)14-19-11-12-21-22(13-19)33-17-32-21/h1-13,15H,14,16-17H2,(H,28,31)/b26-15+. The summed E-state index contributed by atoms with van der Waals surface area (Å²) in [7, 11) is 0. The van der Waals surface area contributed by atoms with Gasteiger partial charge < -0.3 is 9.47 Å². The number of carbonyl (C=O) groups excluding carboxylic acids is 1. The van der Waals surface area contributed by atoms with E-state index in [2.05, 4.69) is 20.7 Å². The summed E-state index contributed by atoms with van der Waals surface area (Å²) in [4.78, 5) is 12.3. The number of nitrogens with zero attached hydrogens (tertiary/aromatic N) is 4. The van der Waals surface area contributed by atoms with Gasteiger partial charge in [-0.3, -0.25) is 9.36 Å². The minimum atomic E-state index is -0.225. The summed E-state index contributed by atoms with van der Waals surface area (Å²) in [6.45, 7) is 0.233. The van der Waals surface area contributed by atoms with Gasteiger partial charge in [-0.25, -0.2) is 5.43 Å². The van der Waals surface area contributed by atoms with Crippen molar-refractivity contribution < 1.29 is 14.3 Å². The van der Waals surface area contributed by atoms with Gasteiger partial charge in [0.15, 0.2) is 16.7 Å². The molecule has 1 aromatic heterocycles. The van der Waals surface area contributed by atoms with Gasteiger partial charge in [0.1, 0.15) is 5.82 Å². The zero-order valence-electron chi connectivity index (χ0n) is 18.1. The molecule has 0 saturated carbocycles. The summed E-state index contributed by atoms with van der Waals surface area (Å²) in [5.41, 5.74) is 5.42. The lowest BCUT2D eigenvalue weighted by Gasteiger charge is -2.10. The van der Waals surface area contributed by atoms with E-state index in [0.717, 1.165) is 34.1 Å². The summed E-state index contributed by atoms with van der Waals surface area (Å²) < 4.78 is 12.9. The van der Waals surface area contributed by atoms with Crippen LogP contribution in [0.15, 0.2) is 89.1 Å². The maximum absolute atomic E-state index is 12.3. The van der Waals surface area contributed by atoms with Crippen molar-refractivity contribution in [3.05, 3.63) is 95.8 Å². The van der Waals surface area contributed by atoms with Gasteiger partial charge in [0, 0.05) is 12.1 Å². The molecule has 3 aromatic carbocycles. The molecule has 0 atom stereocenters. The largest absolute Gasteiger partial charge is 0.454 e. The van der Waals surface area contributed by atoms with E-state index in [0.29, 0.717) is 11.6 Å². The molecule has 1 N–H and O–H groups in total. The molecule has 1 aliphatic heterocycles. The van der Waals surface area contributed by atoms with Crippen molar-refractivity contribution >= 4 is 23.9 Å². The van der Waals surface area contributed by atoms with Crippen LogP contribution in [-0.4, -0.2) is 39.4 Å². The molecule has 0 aliphatic carbocycles. The molecule has 0 unspecified atom stereocenters. The Kier molecular flexibility index (Phi) is 6.53. The first-order chi connectivity index (χ1) is 16.8. The van der Waals surface area contributed by atoms with E-state index in [1.54, 1.807) is 6.21 Å². The van der Waals surface area contributed by atoms with E-state index in [9.17, 15) is 4.79 Å². The van der Waals surface area contributed by atoms with Crippen LogP contribution in [0.3, 0.4) is 0 Å². The Morgan fingerprint density at radius 2 is 1.76 bits per heavy atom. The summed E-state index contributed by atoms with van der Waals surface area (Å²) >= 11 is 1.31. The van der Waals surface area contributed by atoms with Crippen LogP contribution in [0, 0.1) is 0 Å². The average Bonchev–Trinajstić information content (AvgIpc) is 3.50. The third-order valence-electron chi connectivity index (χ3n) is 5.05. The molecule has 0 saturated heterocycles. The Morgan fingerprint density at radius 1 is 1.00 bits per heavy atom. The number of para-hydroxylation sites is 1.